The van der Waals surface area contributed by atoms with Crippen LogP contribution in [0.3, 0.4) is 0 Å². The molecule has 0 saturated carbocycles. The Labute approximate surface area is 69.4 Å². The molecule has 0 saturated heterocycles. The Bertz CT molecular complexity index is 186. The van der Waals surface area contributed by atoms with Crippen LogP contribution in [0.25, 0.3) is 0 Å². The van der Waals surface area contributed by atoms with Crippen LogP contribution < -0.4 is 0 Å². The predicted molar refractivity (Wildman–Crippen MR) is 44.6 cm³/mol. The van der Waals surface area contributed by atoms with Gasteiger partial charge in [-0.3, -0.25) is 0 Å². The summed E-state index contributed by atoms with van der Waals surface area (Å²) in [6.45, 7) is 0. The van der Waals surface area contributed by atoms with Crippen LogP contribution in [0.1, 0.15) is 0 Å². The summed E-state index contributed by atoms with van der Waals surface area (Å²) < 4.78 is 0. The van der Waals surface area contributed by atoms with Gasteiger partial charge in [-0.15, -0.1) is 24.2 Å². The second-order valence-corrected chi connectivity index (χ2v) is 2.64. The summed E-state index contributed by atoms with van der Waals surface area (Å²) in [4.78, 5) is 10.7. The Hall–Kier alpha value is -0.410. The summed E-state index contributed by atoms with van der Waals surface area (Å²) in [6, 6.07) is 0. The molecule has 1 rings (SSSR count). The number of carboxylic acids is 1. The summed E-state index contributed by atoms with van der Waals surface area (Å²) in [5.41, 5.74) is 0. The van der Waals surface area contributed by atoms with Crippen LogP contribution in [0, 0.1) is 0 Å². The highest BCUT2D eigenvalue weighted by Gasteiger charge is 2.06. The van der Waals surface area contributed by atoms with Gasteiger partial charge in [0.15, 0.2) is 0 Å². The van der Waals surface area contributed by atoms with Gasteiger partial charge < -0.3 is 5.11 Å². The average Bonchev–Trinajstić information content (AvgIpc) is 1.90. The highest BCUT2D eigenvalue weighted by atomic mass is 35.5. The molecule has 0 amide bonds. The van der Waals surface area contributed by atoms with E-state index >= 15 is 0 Å². The van der Waals surface area contributed by atoms with Crippen LogP contribution in [0.15, 0.2) is 23.1 Å². The van der Waals surface area contributed by atoms with E-state index in [0.29, 0.717) is 4.91 Å². The summed E-state index contributed by atoms with van der Waals surface area (Å²) in [7, 11) is 0. The van der Waals surface area contributed by atoms with Crippen molar-refractivity contribution in [3.05, 3.63) is 23.1 Å². The van der Waals surface area contributed by atoms with Crippen LogP contribution in [0.5, 0.6) is 0 Å². The zero-order valence-corrected chi connectivity index (χ0v) is 6.74. The minimum absolute atomic E-state index is 0. The molecule has 1 aliphatic heterocycles. The summed E-state index contributed by atoms with van der Waals surface area (Å²) in [5.74, 6) is -0.0534. The standard InChI is InChI=1S/C6H6O2S.ClH/c7-6(8)5-3-1-2-4-9-5;/h1-3H,4H2,(H,7,8);1H. The molecule has 1 heterocycles. The lowest BCUT2D eigenvalue weighted by molar-refractivity contribution is -0.131. The molecule has 0 atom stereocenters. The Kier molecular flexibility index (Phi) is 4.23. The molecule has 0 aromatic heterocycles. The van der Waals surface area contributed by atoms with E-state index < -0.39 is 5.97 Å². The van der Waals surface area contributed by atoms with E-state index in [9.17, 15) is 4.79 Å². The van der Waals surface area contributed by atoms with Crippen LogP contribution in [0.2, 0.25) is 0 Å². The van der Waals surface area contributed by atoms with E-state index in [1.54, 1.807) is 12.2 Å². The third kappa shape index (κ3) is 2.45. The smallest absolute Gasteiger partial charge is 0.342 e. The largest absolute Gasteiger partial charge is 0.477 e. The molecule has 0 aromatic rings. The third-order valence-corrected chi connectivity index (χ3v) is 1.91. The Morgan fingerprint density at radius 1 is 1.70 bits per heavy atom. The summed E-state index contributed by atoms with van der Waals surface area (Å²) in [5, 5.41) is 8.42. The maximum atomic E-state index is 10.2. The van der Waals surface area contributed by atoms with Gasteiger partial charge in [0.05, 0.1) is 4.91 Å². The molecule has 0 radical (unpaired) electrons. The number of allylic oxidation sites excluding steroid dienone is 2. The van der Waals surface area contributed by atoms with Crippen molar-refractivity contribution in [2.45, 2.75) is 0 Å². The van der Waals surface area contributed by atoms with Gasteiger partial charge in [-0.1, -0.05) is 12.2 Å². The molecule has 0 bridgehead atoms. The molecule has 1 aliphatic rings. The minimum Gasteiger partial charge on any atom is -0.477 e. The highest BCUT2D eigenvalue weighted by Crippen LogP contribution is 2.18. The normalized spacial score (nSPS) is 15.4. The molecule has 2 nitrogen and oxygen atoms in total. The first-order valence-electron chi connectivity index (χ1n) is 2.53. The van der Waals surface area contributed by atoms with Crippen LogP contribution in [0.4, 0.5) is 0 Å². The van der Waals surface area contributed by atoms with E-state index in [4.69, 9.17) is 5.11 Å². The van der Waals surface area contributed by atoms with Crippen molar-refractivity contribution in [2.75, 3.05) is 5.75 Å². The number of carbonyl (C=O) groups is 1. The molecule has 0 unspecified atom stereocenters. The molecule has 10 heavy (non-hydrogen) atoms. The molecule has 0 aromatic carbocycles. The second-order valence-electron chi connectivity index (χ2n) is 1.58. The second kappa shape index (κ2) is 4.41. The van der Waals surface area contributed by atoms with Crippen molar-refractivity contribution in [2.24, 2.45) is 0 Å². The molecule has 4 heteroatoms. The quantitative estimate of drug-likeness (QED) is 0.664. The maximum Gasteiger partial charge on any atom is 0.342 e. The molecule has 0 spiro atoms. The zero-order valence-electron chi connectivity index (χ0n) is 5.11. The number of carboxylic acid groups (broad SMARTS) is 1. The van der Waals surface area contributed by atoms with Gasteiger partial charge in [-0.25, -0.2) is 4.79 Å². The van der Waals surface area contributed by atoms with E-state index in [0.717, 1.165) is 5.75 Å². The monoisotopic (exact) mass is 178 g/mol. The number of halogens is 1. The van der Waals surface area contributed by atoms with Gasteiger partial charge in [-0.05, 0) is 6.08 Å². The first-order valence-corrected chi connectivity index (χ1v) is 3.52. The number of hydrogen-bond donors (Lipinski definition) is 1. The first-order chi connectivity index (χ1) is 4.30. The van der Waals surface area contributed by atoms with E-state index in [-0.39, 0.29) is 12.4 Å². The van der Waals surface area contributed by atoms with E-state index in [2.05, 4.69) is 0 Å². The lowest BCUT2D eigenvalue weighted by Crippen LogP contribution is -1.98. The lowest BCUT2D eigenvalue weighted by Gasteiger charge is -2.00. The van der Waals surface area contributed by atoms with Crippen LogP contribution in [-0.4, -0.2) is 16.8 Å². The predicted octanol–water partition coefficient (Wildman–Crippen LogP) is 1.68. The number of aliphatic carboxylic acids is 1. The number of rotatable bonds is 1. The molecular weight excluding hydrogens is 172 g/mol. The van der Waals surface area contributed by atoms with E-state index in [1.165, 1.54) is 11.8 Å². The Morgan fingerprint density at radius 2 is 2.40 bits per heavy atom. The molecule has 0 fully saturated rings. The summed E-state index contributed by atoms with van der Waals surface area (Å²) >= 11 is 1.35. The molecular formula is C6H7ClO2S. The van der Waals surface area contributed by atoms with Gasteiger partial charge in [0, 0.05) is 5.75 Å². The zero-order chi connectivity index (χ0) is 6.69. The van der Waals surface area contributed by atoms with Crippen molar-refractivity contribution in [3.8, 4) is 0 Å². The minimum atomic E-state index is -0.829. The fraction of sp³-hybridized carbons (Fsp3) is 0.167. The van der Waals surface area contributed by atoms with Gasteiger partial charge in [-0.2, -0.15) is 0 Å². The molecule has 0 aliphatic carbocycles. The Morgan fingerprint density at radius 3 is 2.70 bits per heavy atom. The Balaban J connectivity index is 0.000000810. The van der Waals surface area contributed by atoms with Gasteiger partial charge >= 0.3 is 5.97 Å². The summed E-state index contributed by atoms with van der Waals surface area (Å²) in [6.07, 6.45) is 5.30. The topological polar surface area (TPSA) is 37.3 Å². The SMILES string of the molecule is Cl.O=C(O)C1=CC=CCS1. The van der Waals surface area contributed by atoms with Gasteiger partial charge in [0.2, 0.25) is 0 Å². The number of hydrogen-bond acceptors (Lipinski definition) is 2. The van der Waals surface area contributed by atoms with Crippen molar-refractivity contribution in [1.29, 1.82) is 0 Å². The van der Waals surface area contributed by atoms with Crippen molar-refractivity contribution < 1.29 is 9.90 Å². The van der Waals surface area contributed by atoms with Crippen molar-refractivity contribution >= 4 is 30.1 Å². The first kappa shape index (κ1) is 9.59. The van der Waals surface area contributed by atoms with Crippen LogP contribution in [-0.2, 0) is 4.79 Å². The third-order valence-electron chi connectivity index (χ3n) is 0.930. The maximum absolute atomic E-state index is 10.2. The molecule has 56 valence electrons. The fourth-order valence-corrected chi connectivity index (χ4v) is 1.22. The van der Waals surface area contributed by atoms with E-state index in [1.807, 2.05) is 6.08 Å². The lowest BCUT2D eigenvalue weighted by atomic mass is 10.4. The highest BCUT2D eigenvalue weighted by molar-refractivity contribution is 8.04. The fourth-order valence-electron chi connectivity index (χ4n) is 0.530. The van der Waals surface area contributed by atoms with Crippen molar-refractivity contribution in [1.82, 2.24) is 0 Å². The van der Waals surface area contributed by atoms with Gasteiger partial charge in [0.25, 0.3) is 0 Å². The van der Waals surface area contributed by atoms with Gasteiger partial charge in [0.1, 0.15) is 0 Å². The van der Waals surface area contributed by atoms with Crippen LogP contribution >= 0.6 is 24.2 Å². The average molecular weight is 179 g/mol. The number of thioether (sulfide) groups is 1. The van der Waals surface area contributed by atoms with Crippen molar-refractivity contribution in [3.63, 3.8) is 0 Å². The molecule has 1 N–H and O–H groups in total.